The summed E-state index contributed by atoms with van der Waals surface area (Å²) in [5, 5.41) is 8.91. The Balaban J connectivity index is 1.90. The molecule has 1 amide bonds. The van der Waals surface area contributed by atoms with Gasteiger partial charge in [0.25, 0.3) is 5.91 Å². The third kappa shape index (κ3) is 2.29. The fourth-order valence-electron chi connectivity index (χ4n) is 2.54. The average Bonchev–Trinajstić information content (AvgIpc) is 2.94. The highest BCUT2D eigenvalue weighted by atomic mass is 79.9. The van der Waals surface area contributed by atoms with Crippen molar-refractivity contribution in [3.63, 3.8) is 0 Å². The Morgan fingerprint density at radius 1 is 1.45 bits per heavy atom. The number of carbonyl (C=O) groups excluding carboxylic acids is 1. The smallest absolute Gasteiger partial charge is 0.257 e. The van der Waals surface area contributed by atoms with E-state index in [-0.39, 0.29) is 11.8 Å². The summed E-state index contributed by atoms with van der Waals surface area (Å²) in [4.78, 5) is 18.7. The minimum atomic E-state index is -0.0149. The molecule has 20 heavy (non-hydrogen) atoms. The molecule has 2 aromatic rings. The molecule has 6 heteroatoms. The minimum Gasteiger partial charge on any atom is -0.338 e. The predicted octanol–water partition coefficient (Wildman–Crippen LogP) is 2.47. The molecular weight excluding hydrogens is 320 g/mol. The van der Waals surface area contributed by atoms with Crippen LogP contribution in [-0.4, -0.2) is 33.3 Å². The molecular formula is C14H13BrN4O. The molecule has 2 aromatic heterocycles. The molecule has 1 aliphatic rings. The van der Waals surface area contributed by atoms with Crippen LogP contribution in [0.15, 0.2) is 29.1 Å². The summed E-state index contributed by atoms with van der Waals surface area (Å²) in [7, 11) is 0. The second kappa shape index (κ2) is 5.25. The Morgan fingerprint density at radius 2 is 2.20 bits per heavy atom. The highest BCUT2D eigenvalue weighted by Crippen LogP contribution is 2.22. The molecule has 0 bridgehead atoms. The SMILES string of the molecule is N#CC1CCN(C(=O)c2cc(Br)cn3ccnc23)CC1. The number of hydrogen-bond donors (Lipinski definition) is 0. The lowest BCUT2D eigenvalue weighted by Gasteiger charge is -2.29. The van der Waals surface area contributed by atoms with E-state index >= 15 is 0 Å². The van der Waals surface area contributed by atoms with Crippen molar-refractivity contribution in [1.29, 1.82) is 5.26 Å². The van der Waals surface area contributed by atoms with Crippen LogP contribution in [0.2, 0.25) is 0 Å². The first-order chi connectivity index (χ1) is 9.69. The molecule has 0 N–H and O–H groups in total. The Hall–Kier alpha value is -1.87. The zero-order valence-corrected chi connectivity index (χ0v) is 12.4. The average molecular weight is 333 g/mol. The number of fused-ring (bicyclic) bond motifs is 1. The molecule has 3 heterocycles. The van der Waals surface area contributed by atoms with Crippen molar-refractivity contribution in [2.24, 2.45) is 5.92 Å². The fourth-order valence-corrected chi connectivity index (χ4v) is 2.99. The van der Waals surface area contributed by atoms with E-state index in [0.29, 0.717) is 24.3 Å². The van der Waals surface area contributed by atoms with Gasteiger partial charge in [0.2, 0.25) is 0 Å². The van der Waals surface area contributed by atoms with Crippen LogP contribution in [0.25, 0.3) is 5.65 Å². The maximum absolute atomic E-state index is 12.6. The summed E-state index contributed by atoms with van der Waals surface area (Å²) in [6.07, 6.45) is 6.88. The largest absolute Gasteiger partial charge is 0.338 e. The molecule has 0 unspecified atom stereocenters. The summed E-state index contributed by atoms with van der Waals surface area (Å²) in [6.45, 7) is 1.27. The normalized spacial score (nSPS) is 16.3. The second-order valence-electron chi connectivity index (χ2n) is 4.93. The van der Waals surface area contributed by atoms with Crippen LogP contribution in [0, 0.1) is 17.2 Å². The highest BCUT2D eigenvalue weighted by Gasteiger charge is 2.25. The number of amides is 1. The first kappa shape index (κ1) is 13.1. The number of halogens is 1. The van der Waals surface area contributed by atoms with E-state index in [2.05, 4.69) is 27.0 Å². The Labute approximate surface area is 124 Å². The van der Waals surface area contributed by atoms with Crippen molar-refractivity contribution in [3.8, 4) is 6.07 Å². The van der Waals surface area contributed by atoms with Gasteiger partial charge in [0, 0.05) is 42.1 Å². The third-order valence-corrected chi connectivity index (χ3v) is 4.08. The number of nitriles is 1. The molecule has 102 valence electrons. The van der Waals surface area contributed by atoms with Gasteiger partial charge in [-0.15, -0.1) is 0 Å². The number of hydrogen-bond acceptors (Lipinski definition) is 3. The quantitative estimate of drug-likeness (QED) is 0.805. The topological polar surface area (TPSA) is 61.4 Å². The van der Waals surface area contributed by atoms with Gasteiger partial charge in [0.1, 0.15) is 5.65 Å². The van der Waals surface area contributed by atoms with Gasteiger partial charge in [-0.3, -0.25) is 4.79 Å². The molecule has 3 rings (SSSR count). The summed E-state index contributed by atoms with van der Waals surface area (Å²) in [5.74, 6) is 0.0619. The van der Waals surface area contributed by atoms with Crippen LogP contribution in [0.4, 0.5) is 0 Å². The lowest BCUT2D eigenvalue weighted by molar-refractivity contribution is 0.0708. The van der Waals surface area contributed by atoms with E-state index in [1.807, 2.05) is 21.7 Å². The summed E-state index contributed by atoms with van der Waals surface area (Å²) in [5.41, 5.74) is 1.26. The number of nitrogens with zero attached hydrogens (tertiary/aromatic N) is 4. The molecule has 0 spiro atoms. The van der Waals surface area contributed by atoms with Crippen LogP contribution in [0.5, 0.6) is 0 Å². The fraction of sp³-hybridized carbons (Fsp3) is 0.357. The van der Waals surface area contributed by atoms with Crippen molar-refractivity contribution in [3.05, 3.63) is 34.7 Å². The first-order valence-corrected chi connectivity index (χ1v) is 7.29. The highest BCUT2D eigenvalue weighted by molar-refractivity contribution is 9.10. The number of aromatic nitrogens is 2. The molecule has 5 nitrogen and oxygen atoms in total. The van der Waals surface area contributed by atoms with Crippen LogP contribution in [-0.2, 0) is 0 Å². The van der Waals surface area contributed by atoms with Gasteiger partial charge in [0.05, 0.1) is 11.6 Å². The van der Waals surface area contributed by atoms with Gasteiger partial charge < -0.3 is 9.30 Å². The maximum atomic E-state index is 12.6. The van der Waals surface area contributed by atoms with Gasteiger partial charge in [-0.05, 0) is 34.8 Å². The molecule has 0 aliphatic carbocycles. The Bertz CT molecular complexity index is 695. The van der Waals surface area contributed by atoms with Crippen LogP contribution >= 0.6 is 15.9 Å². The number of pyridine rings is 1. The molecule has 1 aliphatic heterocycles. The van der Waals surface area contributed by atoms with Crippen LogP contribution in [0.1, 0.15) is 23.2 Å². The van der Waals surface area contributed by atoms with Gasteiger partial charge in [0.15, 0.2) is 0 Å². The predicted molar refractivity (Wildman–Crippen MR) is 77.1 cm³/mol. The van der Waals surface area contributed by atoms with E-state index in [0.717, 1.165) is 17.3 Å². The number of piperidine rings is 1. The van der Waals surface area contributed by atoms with Gasteiger partial charge in [-0.25, -0.2) is 4.98 Å². The minimum absolute atomic E-state index is 0.0149. The first-order valence-electron chi connectivity index (χ1n) is 6.50. The van der Waals surface area contributed by atoms with E-state index in [4.69, 9.17) is 5.26 Å². The number of likely N-dealkylation sites (tertiary alicyclic amines) is 1. The molecule has 1 saturated heterocycles. The van der Waals surface area contributed by atoms with Crippen molar-refractivity contribution >= 4 is 27.5 Å². The summed E-state index contributed by atoms with van der Waals surface area (Å²) >= 11 is 3.42. The second-order valence-corrected chi connectivity index (χ2v) is 5.84. The summed E-state index contributed by atoms with van der Waals surface area (Å²) in [6, 6.07) is 4.08. The zero-order chi connectivity index (χ0) is 14.1. The Morgan fingerprint density at radius 3 is 2.90 bits per heavy atom. The molecule has 0 saturated carbocycles. The standard InChI is InChI=1S/C14H13BrN4O/c15-11-7-12(13-17-3-6-19(13)9-11)14(20)18-4-1-10(8-16)2-5-18/h3,6-7,9-10H,1-2,4-5H2. The number of carbonyl (C=O) groups is 1. The third-order valence-electron chi connectivity index (χ3n) is 3.65. The number of rotatable bonds is 1. The lowest BCUT2D eigenvalue weighted by Crippen LogP contribution is -2.38. The van der Waals surface area contributed by atoms with Gasteiger partial charge in [-0.1, -0.05) is 0 Å². The molecule has 0 radical (unpaired) electrons. The van der Waals surface area contributed by atoms with Crippen LogP contribution in [0.3, 0.4) is 0 Å². The zero-order valence-electron chi connectivity index (χ0n) is 10.8. The van der Waals surface area contributed by atoms with E-state index in [1.54, 1.807) is 12.3 Å². The Kier molecular flexibility index (Phi) is 3.45. The molecule has 1 fully saturated rings. The van der Waals surface area contributed by atoms with Crippen molar-refractivity contribution in [2.45, 2.75) is 12.8 Å². The maximum Gasteiger partial charge on any atom is 0.257 e. The lowest BCUT2D eigenvalue weighted by atomic mass is 9.98. The monoisotopic (exact) mass is 332 g/mol. The van der Waals surface area contributed by atoms with Crippen LogP contribution < -0.4 is 0 Å². The van der Waals surface area contributed by atoms with Crippen molar-refractivity contribution in [2.75, 3.05) is 13.1 Å². The van der Waals surface area contributed by atoms with Gasteiger partial charge in [-0.2, -0.15) is 5.26 Å². The van der Waals surface area contributed by atoms with E-state index in [1.165, 1.54) is 0 Å². The van der Waals surface area contributed by atoms with Crippen molar-refractivity contribution in [1.82, 2.24) is 14.3 Å². The van der Waals surface area contributed by atoms with Crippen molar-refractivity contribution < 1.29 is 4.79 Å². The summed E-state index contributed by atoms with van der Waals surface area (Å²) < 4.78 is 2.68. The van der Waals surface area contributed by atoms with E-state index < -0.39 is 0 Å². The van der Waals surface area contributed by atoms with E-state index in [9.17, 15) is 4.79 Å². The molecule has 0 atom stereocenters. The molecule has 0 aromatic carbocycles. The number of imidazole rings is 1. The van der Waals surface area contributed by atoms with Gasteiger partial charge >= 0.3 is 0 Å².